The summed E-state index contributed by atoms with van der Waals surface area (Å²) in [5.41, 5.74) is 3.11. The molecule has 2 aliphatic rings. The molecule has 2 aromatic heterocycles. The van der Waals surface area contributed by atoms with Crippen molar-refractivity contribution in [3.63, 3.8) is 0 Å². The summed E-state index contributed by atoms with van der Waals surface area (Å²) >= 11 is 6.25. The van der Waals surface area contributed by atoms with E-state index in [-0.39, 0.29) is 41.4 Å². The Morgan fingerprint density at radius 2 is 1.95 bits per heavy atom. The summed E-state index contributed by atoms with van der Waals surface area (Å²) in [5.74, 6) is 1.05. The van der Waals surface area contributed by atoms with Crippen LogP contribution in [0.2, 0.25) is 5.02 Å². The number of aryl methyl sites for hydroxylation is 2. The van der Waals surface area contributed by atoms with Crippen LogP contribution in [0.3, 0.4) is 0 Å². The quantitative estimate of drug-likeness (QED) is 0.367. The molecule has 0 aliphatic carbocycles. The molecule has 12 heteroatoms. The zero-order valence-electron chi connectivity index (χ0n) is 23.3. The van der Waals surface area contributed by atoms with Crippen molar-refractivity contribution in [2.75, 3.05) is 43.5 Å². The second kappa shape index (κ2) is 12.1. The normalized spacial score (nSPS) is 18.8. The van der Waals surface area contributed by atoms with E-state index in [9.17, 15) is 4.79 Å². The van der Waals surface area contributed by atoms with E-state index >= 15 is 4.39 Å². The highest BCUT2D eigenvalue weighted by atomic mass is 35.5. The second-order valence-corrected chi connectivity index (χ2v) is 11.2. The van der Waals surface area contributed by atoms with E-state index < -0.39 is 0 Å². The van der Waals surface area contributed by atoms with Gasteiger partial charge in [-0.1, -0.05) is 11.6 Å². The molecule has 0 radical (unpaired) electrons. The number of nitrogens with zero attached hydrogens (tertiary/aromatic N) is 5. The van der Waals surface area contributed by atoms with Gasteiger partial charge in [-0.2, -0.15) is 10.1 Å². The summed E-state index contributed by atoms with van der Waals surface area (Å²) in [4.78, 5) is 26.1. The molecule has 10 nitrogen and oxygen atoms in total. The minimum Gasteiger partial charge on any atom is -0.378 e. The van der Waals surface area contributed by atoms with Crippen molar-refractivity contribution >= 4 is 40.8 Å². The third-order valence-corrected chi connectivity index (χ3v) is 7.94. The van der Waals surface area contributed by atoms with Crippen molar-refractivity contribution in [1.82, 2.24) is 30.0 Å². The Labute approximate surface area is 238 Å². The van der Waals surface area contributed by atoms with Gasteiger partial charge in [-0.25, -0.2) is 9.37 Å². The molecular formula is C28H36ClFN8O2. The molecule has 1 amide bonds. The molecule has 4 heterocycles. The van der Waals surface area contributed by atoms with E-state index in [1.165, 1.54) is 6.20 Å². The average molecular weight is 571 g/mol. The number of piperidine rings is 1. The molecular weight excluding hydrogens is 535 g/mol. The highest BCUT2D eigenvalue weighted by Crippen LogP contribution is 2.34. The average Bonchev–Trinajstić information content (AvgIpc) is 3.36. The van der Waals surface area contributed by atoms with Gasteiger partial charge < -0.3 is 20.3 Å². The molecule has 0 spiro atoms. The summed E-state index contributed by atoms with van der Waals surface area (Å²) in [5, 5.41) is 13.3. The van der Waals surface area contributed by atoms with Gasteiger partial charge in [0.05, 0.1) is 25.1 Å². The minimum atomic E-state index is -0.387. The largest absolute Gasteiger partial charge is 0.378 e. The lowest BCUT2D eigenvalue weighted by Gasteiger charge is -2.41. The molecule has 5 rings (SSSR count). The van der Waals surface area contributed by atoms with Gasteiger partial charge in [-0.05, 0) is 69.7 Å². The van der Waals surface area contributed by atoms with E-state index in [0.717, 1.165) is 36.2 Å². The van der Waals surface area contributed by atoms with E-state index in [2.05, 4.69) is 49.5 Å². The predicted octanol–water partition coefficient (Wildman–Crippen LogP) is 4.91. The lowest BCUT2D eigenvalue weighted by molar-refractivity contribution is -0.145. The van der Waals surface area contributed by atoms with Crippen molar-refractivity contribution in [3.8, 4) is 0 Å². The maximum absolute atomic E-state index is 15.3. The highest BCUT2D eigenvalue weighted by Gasteiger charge is 2.35. The molecule has 0 bridgehead atoms. The Balaban J connectivity index is 1.24. The van der Waals surface area contributed by atoms with Crippen LogP contribution >= 0.6 is 11.6 Å². The zero-order valence-corrected chi connectivity index (χ0v) is 24.1. The number of H-pyrrole nitrogens is 1. The number of benzene rings is 1. The van der Waals surface area contributed by atoms with Gasteiger partial charge in [0.25, 0.3) is 0 Å². The maximum Gasteiger partial charge on any atom is 0.242 e. The fourth-order valence-electron chi connectivity index (χ4n) is 5.54. The molecule has 2 fully saturated rings. The van der Waals surface area contributed by atoms with Gasteiger partial charge in [0.15, 0.2) is 11.6 Å². The van der Waals surface area contributed by atoms with Crippen LogP contribution in [0, 0.1) is 19.7 Å². The van der Waals surface area contributed by atoms with Gasteiger partial charge >= 0.3 is 0 Å². The van der Waals surface area contributed by atoms with Gasteiger partial charge in [0.2, 0.25) is 11.9 Å². The Kier molecular flexibility index (Phi) is 8.53. The first-order valence-corrected chi connectivity index (χ1v) is 14.1. The number of morpholine rings is 1. The number of rotatable bonds is 7. The standard InChI is InChI=1S/C28H36ClFN8O2/c1-16(2)38-9-10-40-15-24(38)27(39)37-7-5-19(6-8-37)20-13-22(30)23(11-17(20)3)32-28-31-14-21(29)26(34-28)33-25-12-18(4)35-36-25/h11-14,16,19,24H,5-10,15H2,1-4H3,(H3,31,32,33,34,35,36). The second-order valence-electron chi connectivity index (χ2n) is 10.8. The van der Waals surface area contributed by atoms with Gasteiger partial charge in [0, 0.05) is 37.4 Å². The van der Waals surface area contributed by atoms with Crippen molar-refractivity contribution in [1.29, 1.82) is 0 Å². The number of amides is 1. The van der Waals surface area contributed by atoms with Crippen LogP contribution in [0.25, 0.3) is 0 Å². The van der Waals surface area contributed by atoms with Crippen LogP contribution in [0.15, 0.2) is 24.4 Å². The summed E-state index contributed by atoms with van der Waals surface area (Å²) < 4.78 is 20.9. The number of aromatic amines is 1. The summed E-state index contributed by atoms with van der Waals surface area (Å²) in [6.45, 7) is 11.3. The zero-order chi connectivity index (χ0) is 28.4. The number of carbonyl (C=O) groups excluding carboxylic acids is 1. The smallest absolute Gasteiger partial charge is 0.242 e. The van der Waals surface area contributed by atoms with Crippen LogP contribution < -0.4 is 10.6 Å². The topological polar surface area (TPSA) is 111 Å². The predicted molar refractivity (Wildman–Crippen MR) is 153 cm³/mol. The van der Waals surface area contributed by atoms with Gasteiger partial charge in [-0.3, -0.25) is 14.8 Å². The fourth-order valence-corrected chi connectivity index (χ4v) is 5.68. The third-order valence-electron chi connectivity index (χ3n) is 7.66. The molecule has 1 aromatic carbocycles. The number of halogens is 2. The van der Waals surface area contributed by atoms with Crippen LogP contribution in [0.4, 0.5) is 27.7 Å². The monoisotopic (exact) mass is 570 g/mol. The lowest BCUT2D eigenvalue weighted by atomic mass is 9.86. The van der Waals surface area contributed by atoms with E-state index in [1.54, 1.807) is 12.1 Å². The number of aromatic nitrogens is 4. The number of nitrogens with one attached hydrogen (secondary N) is 3. The number of anilines is 4. The molecule has 1 atom stereocenters. The Bertz CT molecular complexity index is 1360. The first kappa shape index (κ1) is 28.3. The van der Waals surface area contributed by atoms with E-state index in [1.807, 2.05) is 24.8 Å². The number of likely N-dealkylation sites (tertiary alicyclic amines) is 1. The van der Waals surface area contributed by atoms with Crippen LogP contribution in [-0.2, 0) is 9.53 Å². The Hall–Kier alpha value is -3.28. The molecule has 3 aromatic rings. The highest BCUT2D eigenvalue weighted by molar-refractivity contribution is 6.32. The van der Waals surface area contributed by atoms with Crippen molar-refractivity contribution in [3.05, 3.63) is 52.1 Å². The van der Waals surface area contributed by atoms with Crippen molar-refractivity contribution < 1.29 is 13.9 Å². The van der Waals surface area contributed by atoms with Gasteiger partial charge in [0.1, 0.15) is 16.9 Å². The number of hydrogen-bond donors (Lipinski definition) is 3. The summed E-state index contributed by atoms with van der Waals surface area (Å²) in [6.07, 6.45) is 3.03. The maximum atomic E-state index is 15.3. The molecule has 214 valence electrons. The molecule has 2 saturated heterocycles. The first-order chi connectivity index (χ1) is 19.2. The van der Waals surface area contributed by atoms with E-state index in [4.69, 9.17) is 16.3 Å². The van der Waals surface area contributed by atoms with Crippen LogP contribution in [-0.4, -0.2) is 80.8 Å². The van der Waals surface area contributed by atoms with Crippen LogP contribution in [0.1, 0.15) is 49.4 Å². The summed E-state index contributed by atoms with van der Waals surface area (Å²) in [7, 11) is 0. The SMILES string of the molecule is Cc1cc(Nc2nc(Nc3cc(C)c(C4CCN(C(=O)C5COCCN5C(C)C)CC4)cc3F)ncc2Cl)n[nH]1. The molecule has 2 aliphatic heterocycles. The van der Waals surface area contributed by atoms with Crippen molar-refractivity contribution in [2.45, 2.75) is 58.5 Å². The van der Waals surface area contributed by atoms with Crippen molar-refractivity contribution in [2.24, 2.45) is 0 Å². The number of carbonyl (C=O) groups is 1. The third kappa shape index (κ3) is 6.21. The molecule has 40 heavy (non-hydrogen) atoms. The summed E-state index contributed by atoms with van der Waals surface area (Å²) in [6, 6.07) is 5.25. The number of hydrogen-bond acceptors (Lipinski definition) is 8. The van der Waals surface area contributed by atoms with Gasteiger partial charge in [-0.15, -0.1) is 0 Å². The minimum absolute atomic E-state index is 0.133. The van der Waals surface area contributed by atoms with Crippen LogP contribution in [0.5, 0.6) is 0 Å². The Morgan fingerprint density at radius 1 is 1.18 bits per heavy atom. The lowest BCUT2D eigenvalue weighted by Crippen LogP contribution is -2.57. The molecule has 3 N–H and O–H groups in total. The number of ether oxygens (including phenoxy) is 1. The van der Waals surface area contributed by atoms with E-state index in [0.29, 0.717) is 43.0 Å². The Morgan fingerprint density at radius 3 is 2.65 bits per heavy atom. The fraction of sp³-hybridized carbons (Fsp3) is 0.500. The molecule has 1 unspecified atom stereocenters. The first-order valence-electron chi connectivity index (χ1n) is 13.7. The molecule has 0 saturated carbocycles.